The van der Waals surface area contributed by atoms with Crippen molar-refractivity contribution in [2.24, 2.45) is 0 Å². The Morgan fingerprint density at radius 3 is 2.45 bits per heavy atom. The van der Waals surface area contributed by atoms with Crippen molar-refractivity contribution < 1.29 is 14.8 Å². The van der Waals surface area contributed by atoms with E-state index in [2.05, 4.69) is 10.1 Å². The molecule has 0 aliphatic carbocycles. The molecule has 0 fully saturated rings. The van der Waals surface area contributed by atoms with Crippen LogP contribution in [0.25, 0.3) is 0 Å². The molecule has 0 aliphatic rings. The Balaban J connectivity index is 3.09. The zero-order valence-corrected chi connectivity index (χ0v) is 13.0. The van der Waals surface area contributed by atoms with E-state index in [9.17, 15) is 9.59 Å². The molecule has 8 nitrogen and oxygen atoms in total. The lowest BCUT2D eigenvalue weighted by Gasteiger charge is -2.13. The van der Waals surface area contributed by atoms with E-state index in [0.29, 0.717) is 11.0 Å². The fourth-order valence-electron chi connectivity index (χ4n) is 1.19. The Bertz CT molecular complexity index is 507. The molecule has 0 aliphatic heterocycles. The third-order valence-electron chi connectivity index (χ3n) is 2.27. The van der Waals surface area contributed by atoms with E-state index in [0.717, 1.165) is 16.4 Å². The summed E-state index contributed by atoms with van der Waals surface area (Å²) in [6.07, 6.45) is 0. The predicted molar refractivity (Wildman–Crippen MR) is 73.9 cm³/mol. The van der Waals surface area contributed by atoms with E-state index in [-0.39, 0.29) is 17.2 Å². The summed E-state index contributed by atoms with van der Waals surface area (Å²) >= 11 is 1.03. The summed E-state index contributed by atoms with van der Waals surface area (Å²) in [5, 5.41) is 13.0. The average molecular weight is 301 g/mol. The molecular weight excluding hydrogens is 282 g/mol. The van der Waals surface area contributed by atoms with Gasteiger partial charge in [-0.05, 0) is 0 Å². The summed E-state index contributed by atoms with van der Waals surface area (Å²) in [5.41, 5.74) is 1.22. The van der Waals surface area contributed by atoms with Crippen LogP contribution in [-0.2, 0) is 10.2 Å². The third kappa shape index (κ3) is 3.94. The zero-order valence-electron chi connectivity index (χ0n) is 12.2. The molecule has 1 aromatic heterocycles. The molecule has 0 aromatic carbocycles. The van der Waals surface area contributed by atoms with Gasteiger partial charge in [-0.1, -0.05) is 32.5 Å². The van der Waals surface area contributed by atoms with E-state index in [1.54, 1.807) is 14.1 Å². The average Bonchev–Trinajstić information content (AvgIpc) is 2.78. The monoisotopic (exact) mass is 301 g/mol. The van der Waals surface area contributed by atoms with Gasteiger partial charge in [0, 0.05) is 19.5 Å². The highest BCUT2D eigenvalue weighted by Gasteiger charge is 2.25. The lowest BCUT2D eigenvalue weighted by molar-refractivity contribution is -0.126. The van der Waals surface area contributed by atoms with E-state index < -0.39 is 5.91 Å². The van der Waals surface area contributed by atoms with Crippen molar-refractivity contribution in [3.63, 3.8) is 0 Å². The predicted octanol–water partition coefficient (Wildman–Crippen LogP) is 0.703. The van der Waals surface area contributed by atoms with Gasteiger partial charge in [-0.25, -0.2) is 15.3 Å². The first kappa shape index (κ1) is 16.4. The maximum Gasteiger partial charge on any atom is 0.346 e. The molecule has 0 atom stereocenters. The van der Waals surface area contributed by atoms with Crippen LogP contribution in [0.2, 0.25) is 0 Å². The molecule has 2 N–H and O–H groups in total. The number of hydrogen-bond donors (Lipinski definition) is 2. The fourth-order valence-corrected chi connectivity index (χ4v) is 1.90. The molecule has 0 unspecified atom stereocenters. The molecule has 0 saturated carbocycles. The second kappa shape index (κ2) is 6.23. The molecule has 112 valence electrons. The van der Waals surface area contributed by atoms with Gasteiger partial charge in [-0.3, -0.25) is 10.0 Å². The van der Waals surface area contributed by atoms with Gasteiger partial charge in [0.25, 0.3) is 5.91 Å². The van der Waals surface area contributed by atoms with Gasteiger partial charge in [-0.2, -0.15) is 4.68 Å². The maximum atomic E-state index is 12.0. The van der Waals surface area contributed by atoms with Gasteiger partial charge in [0.15, 0.2) is 11.0 Å². The summed E-state index contributed by atoms with van der Waals surface area (Å²) in [7, 11) is 3.21. The lowest BCUT2D eigenvalue weighted by Crippen LogP contribution is -2.29. The number of hydroxylamine groups is 1. The molecule has 0 saturated heterocycles. The number of nitrogens with one attached hydrogen (secondary N) is 1. The molecule has 0 spiro atoms. The fraction of sp³-hybridized carbons (Fsp3) is 0.636. The molecule has 20 heavy (non-hydrogen) atoms. The van der Waals surface area contributed by atoms with Crippen molar-refractivity contribution in [3.05, 3.63) is 5.82 Å². The van der Waals surface area contributed by atoms with Crippen LogP contribution in [0.3, 0.4) is 0 Å². The van der Waals surface area contributed by atoms with Crippen molar-refractivity contribution in [2.75, 3.05) is 19.8 Å². The standard InChI is InChI=1S/C11H19N5O3S/c1-11(2,3)8-12-9(20-6-7(17)14-19)16(13-8)10(18)15(4)5/h19H,6H2,1-5H3,(H,14,17). The van der Waals surface area contributed by atoms with Gasteiger partial charge in [0.2, 0.25) is 0 Å². The maximum absolute atomic E-state index is 12.0. The first-order valence-corrected chi connectivity index (χ1v) is 6.90. The first-order valence-electron chi connectivity index (χ1n) is 5.91. The van der Waals surface area contributed by atoms with Crippen molar-refractivity contribution in [2.45, 2.75) is 31.3 Å². The minimum absolute atomic E-state index is 0.0561. The number of nitrogens with zero attached hydrogens (tertiary/aromatic N) is 4. The molecule has 1 heterocycles. The van der Waals surface area contributed by atoms with Crippen molar-refractivity contribution in [1.29, 1.82) is 0 Å². The normalized spacial score (nSPS) is 11.3. The van der Waals surface area contributed by atoms with E-state index in [1.807, 2.05) is 20.8 Å². The number of rotatable bonds is 3. The Kier molecular flexibility index (Phi) is 5.12. The lowest BCUT2D eigenvalue weighted by atomic mass is 9.96. The number of thioether (sulfide) groups is 1. The number of carbonyl (C=O) groups is 2. The van der Waals surface area contributed by atoms with Crippen LogP contribution in [0.15, 0.2) is 5.16 Å². The van der Waals surface area contributed by atoms with Gasteiger partial charge >= 0.3 is 6.03 Å². The highest BCUT2D eigenvalue weighted by atomic mass is 32.2. The Labute approximate surface area is 121 Å². The largest absolute Gasteiger partial charge is 0.346 e. The number of hydrogen-bond acceptors (Lipinski definition) is 6. The van der Waals surface area contributed by atoms with E-state index >= 15 is 0 Å². The molecular formula is C11H19N5O3S. The van der Waals surface area contributed by atoms with Crippen molar-refractivity contribution >= 4 is 23.7 Å². The van der Waals surface area contributed by atoms with Crippen LogP contribution in [0.4, 0.5) is 4.79 Å². The van der Waals surface area contributed by atoms with Crippen LogP contribution in [0, 0.1) is 0 Å². The minimum Gasteiger partial charge on any atom is -0.329 e. The molecule has 1 rings (SSSR count). The molecule has 0 bridgehead atoms. The van der Waals surface area contributed by atoms with Gasteiger partial charge in [-0.15, -0.1) is 5.10 Å². The molecule has 9 heteroatoms. The van der Waals surface area contributed by atoms with Crippen LogP contribution in [0.1, 0.15) is 26.6 Å². The second-order valence-electron chi connectivity index (χ2n) is 5.38. The van der Waals surface area contributed by atoms with Gasteiger partial charge in [0.05, 0.1) is 5.75 Å². The quantitative estimate of drug-likeness (QED) is 0.484. The van der Waals surface area contributed by atoms with Crippen LogP contribution < -0.4 is 5.48 Å². The highest BCUT2D eigenvalue weighted by molar-refractivity contribution is 7.99. The summed E-state index contributed by atoms with van der Waals surface area (Å²) in [5.74, 6) is -0.113. The minimum atomic E-state index is -0.570. The Morgan fingerprint density at radius 1 is 1.40 bits per heavy atom. The summed E-state index contributed by atoms with van der Waals surface area (Å²) in [6.45, 7) is 5.80. The Morgan fingerprint density at radius 2 is 2.00 bits per heavy atom. The van der Waals surface area contributed by atoms with Crippen molar-refractivity contribution in [3.8, 4) is 0 Å². The first-order chi connectivity index (χ1) is 9.16. The number of carbonyl (C=O) groups excluding carboxylic acids is 2. The van der Waals surface area contributed by atoms with Gasteiger partial charge in [0.1, 0.15) is 0 Å². The summed E-state index contributed by atoms with van der Waals surface area (Å²) < 4.78 is 1.16. The zero-order chi connectivity index (χ0) is 15.5. The smallest absolute Gasteiger partial charge is 0.329 e. The van der Waals surface area contributed by atoms with Crippen LogP contribution >= 0.6 is 11.8 Å². The van der Waals surface area contributed by atoms with E-state index in [4.69, 9.17) is 5.21 Å². The number of aromatic nitrogens is 3. The molecule has 2 amide bonds. The third-order valence-corrected chi connectivity index (χ3v) is 3.20. The number of amides is 2. The SMILES string of the molecule is CN(C)C(=O)n1nc(C(C)(C)C)nc1SCC(=O)NO. The summed E-state index contributed by atoms with van der Waals surface area (Å²) in [6, 6.07) is -0.347. The highest BCUT2D eigenvalue weighted by Crippen LogP contribution is 2.23. The van der Waals surface area contributed by atoms with Crippen LogP contribution in [-0.4, -0.2) is 56.7 Å². The van der Waals surface area contributed by atoms with Gasteiger partial charge < -0.3 is 4.90 Å². The topological polar surface area (TPSA) is 100 Å². The second-order valence-corrected chi connectivity index (χ2v) is 6.32. The molecule has 0 radical (unpaired) electrons. The van der Waals surface area contributed by atoms with E-state index in [1.165, 1.54) is 10.4 Å². The molecule has 1 aromatic rings. The Hall–Kier alpha value is -1.61. The van der Waals surface area contributed by atoms with Crippen LogP contribution in [0.5, 0.6) is 0 Å². The van der Waals surface area contributed by atoms with Crippen molar-refractivity contribution in [1.82, 2.24) is 25.1 Å². The summed E-state index contributed by atoms with van der Waals surface area (Å²) in [4.78, 5) is 28.8.